The van der Waals surface area contributed by atoms with Crippen molar-refractivity contribution in [3.05, 3.63) is 5.89 Å². The quantitative estimate of drug-likeness (QED) is 0.877. The molecule has 0 aliphatic heterocycles. The molecular weight excluding hydrogens is 240 g/mol. The highest BCUT2D eigenvalue weighted by molar-refractivity contribution is 5.21. The minimum absolute atomic E-state index is 0.354. The van der Waals surface area contributed by atoms with Crippen molar-refractivity contribution in [3.8, 4) is 0 Å². The van der Waals surface area contributed by atoms with E-state index in [2.05, 4.69) is 48.5 Å². The summed E-state index contributed by atoms with van der Waals surface area (Å²) in [6, 6.07) is 0.949. The molecule has 19 heavy (non-hydrogen) atoms. The van der Waals surface area contributed by atoms with Crippen LogP contribution in [0.4, 0.5) is 6.01 Å². The zero-order chi connectivity index (χ0) is 14.1. The summed E-state index contributed by atoms with van der Waals surface area (Å²) in [4.78, 5) is 0. The van der Waals surface area contributed by atoms with Gasteiger partial charge < -0.3 is 15.1 Å². The first-order valence-electron chi connectivity index (χ1n) is 7.03. The molecule has 1 heterocycles. The summed E-state index contributed by atoms with van der Waals surface area (Å²) in [5, 5.41) is 14.5. The van der Waals surface area contributed by atoms with E-state index in [4.69, 9.17) is 4.42 Å². The molecule has 1 aromatic heterocycles. The summed E-state index contributed by atoms with van der Waals surface area (Å²) in [5.41, 5.74) is 0.709. The van der Waals surface area contributed by atoms with Crippen LogP contribution in [0.15, 0.2) is 4.42 Å². The first kappa shape index (κ1) is 14.3. The third-order valence-electron chi connectivity index (χ3n) is 3.68. The molecule has 108 valence electrons. The smallest absolute Gasteiger partial charge is 0.315 e. The average molecular weight is 266 g/mol. The molecule has 2 N–H and O–H groups in total. The molecule has 0 spiro atoms. The largest absolute Gasteiger partial charge is 0.407 e. The molecule has 0 atom stereocenters. The Morgan fingerprint density at radius 3 is 2.37 bits per heavy atom. The van der Waals surface area contributed by atoms with Crippen LogP contribution in [0.2, 0.25) is 0 Å². The van der Waals surface area contributed by atoms with E-state index in [0.717, 1.165) is 12.8 Å². The molecule has 1 aliphatic carbocycles. The van der Waals surface area contributed by atoms with Gasteiger partial charge in [-0.15, -0.1) is 5.10 Å². The van der Waals surface area contributed by atoms with E-state index in [1.54, 1.807) is 0 Å². The molecule has 0 amide bonds. The highest BCUT2D eigenvalue weighted by atomic mass is 16.4. The predicted octanol–water partition coefficient (Wildman–Crippen LogP) is 2.81. The first-order chi connectivity index (χ1) is 8.80. The molecule has 0 radical (unpaired) electrons. The van der Waals surface area contributed by atoms with Gasteiger partial charge in [0.2, 0.25) is 5.89 Å². The van der Waals surface area contributed by atoms with Crippen LogP contribution >= 0.6 is 0 Å². The number of hydrogen-bond donors (Lipinski definition) is 2. The monoisotopic (exact) mass is 266 g/mol. The van der Waals surface area contributed by atoms with Gasteiger partial charge >= 0.3 is 6.01 Å². The van der Waals surface area contributed by atoms with Crippen molar-refractivity contribution in [1.82, 2.24) is 15.5 Å². The van der Waals surface area contributed by atoms with Crippen molar-refractivity contribution < 1.29 is 4.42 Å². The Hall–Kier alpha value is -1.10. The fourth-order valence-corrected chi connectivity index (χ4v) is 3.66. The highest BCUT2D eigenvalue weighted by Gasteiger charge is 2.38. The second-order valence-corrected chi connectivity index (χ2v) is 7.29. The molecule has 1 saturated carbocycles. The second kappa shape index (κ2) is 5.12. The second-order valence-electron chi connectivity index (χ2n) is 7.29. The van der Waals surface area contributed by atoms with Gasteiger partial charge in [-0.05, 0) is 37.1 Å². The number of hydrogen-bond acceptors (Lipinski definition) is 5. The fraction of sp³-hybridized carbons (Fsp3) is 0.857. The van der Waals surface area contributed by atoms with Crippen LogP contribution < -0.4 is 10.6 Å². The SMILES string of the molecule is CNCc1nnc(NC2CC(C)(C)CC(C)(C)C2)o1. The molecule has 0 unspecified atom stereocenters. The van der Waals surface area contributed by atoms with E-state index in [9.17, 15) is 0 Å². The molecule has 5 heteroatoms. The van der Waals surface area contributed by atoms with Crippen LogP contribution in [0.3, 0.4) is 0 Å². The molecule has 0 saturated heterocycles. The standard InChI is InChI=1S/C14H26N4O/c1-13(2)6-10(7-14(3,4)9-13)16-12-18-17-11(19-12)8-15-5/h10,15H,6-9H2,1-5H3,(H,16,18). The lowest BCUT2D eigenvalue weighted by Gasteiger charge is -2.44. The van der Waals surface area contributed by atoms with E-state index in [1.807, 2.05) is 7.05 Å². The number of aromatic nitrogens is 2. The number of nitrogens with zero attached hydrogens (tertiary/aromatic N) is 2. The van der Waals surface area contributed by atoms with Gasteiger partial charge in [0, 0.05) is 6.04 Å². The molecule has 1 aromatic rings. The predicted molar refractivity (Wildman–Crippen MR) is 75.9 cm³/mol. The Labute approximate surface area is 115 Å². The molecule has 1 fully saturated rings. The maximum absolute atomic E-state index is 5.57. The lowest BCUT2D eigenvalue weighted by molar-refractivity contribution is 0.104. The van der Waals surface area contributed by atoms with Crippen molar-refractivity contribution in [1.29, 1.82) is 0 Å². The summed E-state index contributed by atoms with van der Waals surface area (Å²) < 4.78 is 5.57. The van der Waals surface area contributed by atoms with Gasteiger partial charge in [0.25, 0.3) is 0 Å². The van der Waals surface area contributed by atoms with Crippen molar-refractivity contribution in [2.45, 2.75) is 59.5 Å². The maximum Gasteiger partial charge on any atom is 0.315 e. The van der Waals surface area contributed by atoms with Gasteiger partial charge in [0.15, 0.2) is 0 Å². The Balaban J connectivity index is 2.01. The number of anilines is 1. The molecule has 2 rings (SSSR count). The molecular formula is C14H26N4O. The molecule has 0 aromatic carbocycles. The van der Waals surface area contributed by atoms with E-state index in [-0.39, 0.29) is 0 Å². The van der Waals surface area contributed by atoms with E-state index >= 15 is 0 Å². The van der Waals surface area contributed by atoms with Crippen molar-refractivity contribution in [3.63, 3.8) is 0 Å². The number of rotatable bonds is 4. The van der Waals surface area contributed by atoms with Gasteiger partial charge in [-0.3, -0.25) is 0 Å². The van der Waals surface area contributed by atoms with Crippen LogP contribution in [0.5, 0.6) is 0 Å². The molecule has 5 nitrogen and oxygen atoms in total. The Bertz CT molecular complexity index is 409. The number of nitrogens with one attached hydrogen (secondary N) is 2. The average Bonchev–Trinajstić information content (AvgIpc) is 2.60. The third kappa shape index (κ3) is 3.93. The zero-order valence-electron chi connectivity index (χ0n) is 12.7. The van der Waals surface area contributed by atoms with Gasteiger partial charge in [-0.2, -0.15) is 0 Å². The minimum atomic E-state index is 0.354. The Morgan fingerprint density at radius 1 is 1.16 bits per heavy atom. The fourth-order valence-electron chi connectivity index (χ4n) is 3.66. The Kier molecular flexibility index (Phi) is 3.85. The van der Waals surface area contributed by atoms with E-state index in [0.29, 0.717) is 35.3 Å². The van der Waals surface area contributed by atoms with Gasteiger partial charge in [-0.1, -0.05) is 32.8 Å². The van der Waals surface area contributed by atoms with Gasteiger partial charge in [0.1, 0.15) is 0 Å². The normalized spacial score (nSPS) is 22.4. The lowest BCUT2D eigenvalue weighted by atomic mass is 9.63. The van der Waals surface area contributed by atoms with Gasteiger partial charge in [-0.25, -0.2) is 0 Å². The first-order valence-corrected chi connectivity index (χ1v) is 7.03. The highest BCUT2D eigenvalue weighted by Crippen LogP contribution is 2.46. The van der Waals surface area contributed by atoms with Crippen LogP contribution in [0.25, 0.3) is 0 Å². The maximum atomic E-state index is 5.57. The topological polar surface area (TPSA) is 63.0 Å². The van der Waals surface area contributed by atoms with Crippen LogP contribution in [0, 0.1) is 10.8 Å². The summed E-state index contributed by atoms with van der Waals surface area (Å²) in [6.07, 6.45) is 3.54. The third-order valence-corrected chi connectivity index (χ3v) is 3.68. The summed E-state index contributed by atoms with van der Waals surface area (Å²) in [5.74, 6) is 0.624. The van der Waals surface area contributed by atoms with Gasteiger partial charge in [0.05, 0.1) is 6.54 Å². The van der Waals surface area contributed by atoms with Crippen molar-refractivity contribution >= 4 is 6.01 Å². The van der Waals surface area contributed by atoms with Crippen molar-refractivity contribution in [2.75, 3.05) is 12.4 Å². The van der Waals surface area contributed by atoms with Crippen molar-refractivity contribution in [2.24, 2.45) is 10.8 Å². The lowest BCUT2D eigenvalue weighted by Crippen LogP contribution is -2.40. The summed E-state index contributed by atoms with van der Waals surface area (Å²) in [7, 11) is 1.86. The summed E-state index contributed by atoms with van der Waals surface area (Å²) in [6.45, 7) is 9.95. The van der Waals surface area contributed by atoms with Crippen LogP contribution in [0.1, 0.15) is 52.8 Å². The Morgan fingerprint density at radius 2 is 1.79 bits per heavy atom. The molecule has 1 aliphatic rings. The minimum Gasteiger partial charge on any atom is -0.407 e. The van der Waals surface area contributed by atoms with Crippen LogP contribution in [-0.4, -0.2) is 23.3 Å². The summed E-state index contributed by atoms with van der Waals surface area (Å²) >= 11 is 0. The van der Waals surface area contributed by atoms with E-state index < -0.39 is 0 Å². The van der Waals surface area contributed by atoms with Crippen LogP contribution in [-0.2, 0) is 6.54 Å². The zero-order valence-corrected chi connectivity index (χ0v) is 12.7. The van der Waals surface area contributed by atoms with E-state index in [1.165, 1.54) is 6.42 Å². The molecule has 0 bridgehead atoms.